The third-order valence-corrected chi connectivity index (χ3v) is 2.58. The van der Waals surface area contributed by atoms with Gasteiger partial charge < -0.3 is 10.2 Å². The second kappa shape index (κ2) is 3.13. The Kier molecular flexibility index (Phi) is 2.35. The van der Waals surface area contributed by atoms with Crippen LogP contribution in [0.1, 0.15) is 19.8 Å². The van der Waals surface area contributed by atoms with Crippen LogP contribution in [0.4, 0.5) is 0 Å². The molecule has 1 rings (SSSR count). The zero-order valence-corrected chi connectivity index (χ0v) is 6.86. The fourth-order valence-corrected chi connectivity index (χ4v) is 1.89. The van der Waals surface area contributed by atoms with E-state index in [-0.39, 0.29) is 5.92 Å². The van der Waals surface area contributed by atoms with Crippen LogP contribution in [0.25, 0.3) is 0 Å². The van der Waals surface area contributed by atoms with Crippen LogP contribution in [0.3, 0.4) is 0 Å². The molecule has 4 heteroatoms. The van der Waals surface area contributed by atoms with Crippen molar-refractivity contribution in [3.05, 3.63) is 0 Å². The van der Waals surface area contributed by atoms with Crippen LogP contribution >= 0.6 is 0 Å². The fourth-order valence-electron chi connectivity index (χ4n) is 1.89. The smallest absolute Gasteiger partial charge is 0.307 e. The molecule has 0 aliphatic heterocycles. The van der Waals surface area contributed by atoms with Crippen molar-refractivity contribution < 1.29 is 19.8 Å². The molecule has 1 saturated carbocycles. The van der Waals surface area contributed by atoms with E-state index >= 15 is 0 Å². The van der Waals surface area contributed by atoms with Gasteiger partial charge in [-0.05, 0) is 18.8 Å². The Labute approximate surface area is 70.2 Å². The molecule has 0 aromatic rings. The summed E-state index contributed by atoms with van der Waals surface area (Å²) >= 11 is 0. The first kappa shape index (κ1) is 9.03. The Morgan fingerprint density at radius 1 is 1.17 bits per heavy atom. The van der Waals surface area contributed by atoms with Gasteiger partial charge >= 0.3 is 11.9 Å². The van der Waals surface area contributed by atoms with E-state index < -0.39 is 23.8 Å². The number of hydrogen-bond acceptors (Lipinski definition) is 2. The summed E-state index contributed by atoms with van der Waals surface area (Å²) in [5, 5.41) is 17.4. The minimum atomic E-state index is -0.980. The van der Waals surface area contributed by atoms with Crippen LogP contribution in [0, 0.1) is 17.8 Å². The zero-order valence-electron chi connectivity index (χ0n) is 6.86. The third-order valence-electron chi connectivity index (χ3n) is 2.58. The van der Waals surface area contributed by atoms with Crippen LogP contribution in [-0.2, 0) is 9.59 Å². The molecule has 0 amide bonds. The summed E-state index contributed by atoms with van der Waals surface area (Å²) in [6.07, 6.45) is 1.20. The number of carbonyl (C=O) groups is 2. The van der Waals surface area contributed by atoms with Crippen LogP contribution in [0.15, 0.2) is 0 Å². The lowest BCUT2D eigenvalue weighted by Gasteiger charge is -2.13. The second-order valence-electron chi connectivity index (χ2n) is 3.36. The maximum absolute atomic E-state index is 10.7. The molecular weight excluding hydrogens is 160 g/mol. The molecular formula is C8H12O4. The van der Waals surface area contributed by atoms with Gasteiger partial charge in [0.25, 0.3) is 0 Å². The highest BCUT2D eigenvalue weighted by atomic mass is 16.4. The number of carboxylic acids is 2. The molecule has 3 atom stereocenters. The first-order chi connectivity index (χ1) is 5.54. The van der Waals surface area contributed by atoms with E-state index in [4.69, 9.17) is 10.2 Å². The normalized spacial score (nSPS) is 34.9. The number of rotatable bonds is 2. The van der Waals surface area contributed by atoms with Gasteiger partial charge in [0.1, 0.15) is 0 Å². The average molecular weight is 172 g/mol. The summed E-state index contributed by atoms with van der Waals surface area (Å²) in [4.78, 5) is 21.3. The second-order valence-corrected chi connectivity index (χ2v) is 3.36. The largest absolute Gasteiger partial charge is 0.481 e. The third kappa shape index (κ3) is 1.42. The lowest BCUT2D eigenvalue weighted by atomic mass is 9.91. The van der Waals surface area contributed by atoms with Gasteiger partial charge in [-0.2, -0.15) is 0 Å². The Hall–Kier alpha value is -1.06. The van der Waals surface area contributed by atoms with E-state index in [1.165, 1.54) is 0 Å². The van der Waals surface area contributed by atoms with Gasteiger partial charge in [-0.1, -0.05) is 6.92 Å². The minimum absolute atomic E-state index is 0.0106. The summed E-state index contributed by atoms with van der Waals surface area (Å²) in [6, 6.07) is 0. The molecule has 0 bridgehead atoms. The lowest BCUT2D eigenvalue weighted by Crippen LogP contribution is -2.28. The molecule has 12 heavy (non-hydrogen) atoms. The van der Waals surface area contributed by atoms with E-state index in [0.717, 1.165) is 0 Å². The standard InChI is InChI=1S/C8H12O4/c1-4-2-3-5(7(9)10)6(4)8(11)12/h4-6H,2-3H2,1H3,(H,9,10)(H,11,12)/t4-,5-,6+/m1/s1. The molecule has 0 aromatic carbocycles. The van der Waals surface area contributed by atoms with E-state index in [0.29, 0.717) is 12.8 Å². The van der Waals surface area contributed by atoms with Crippen LogP contribution in [-0.4, -0.2) is 22.2 Å². The summed E-state index contributed by atoms with van der Waals surface area (Å²) < 4.78 is 0. The lowest BCUT2D eigenvalue weighted by molar-refractivity contribution is -0.153. The summed E-state index contributed by atoms with van der Waals surface area (Å²) in [5.41, 5.74) is 0. The van der Waals surface area contributed by atoms with Gasteiger partial charge in [0.05, 0.1) is 11.8 Å². The molecule has 1 aliphatic carbocycles. The highest BCUT2D eigenvalue weighted by molar-refractivity contribution is 5.80. The first-order valence-corrected chi connectivity index (χ1v) is 3.99. The zero-order chi connectivity index (χ0) is 9.30. The summed E-state index contributed by atoms with van der Waals surface area (Å²) in [5.74, 6) is -3.34. The molecule has 0 radical (unpaired) electrons. The monoisotopic (exact) mass is 172 g/mol. The van der Waals surface area contributed by atoms with Gasteiger partial charge in [-0.3, -0.25) is 9.59 Å². The van der Waals surface area contributed by atoms with Gasteiger partial charge in [0.2, 0.25) is 0 Å². The molecule has 0 spiro atoms. The molecule has 0 saturated heterocycles. The van der Waals surface area contributed by atoms with Crippen molar-refractivity contribution in [2.24, 2.45) is 17.8 Å². The van der Waals surface area contributed by atoms with Crippen LogP contribution in [0.2, 0.25) is 0 Å². The molecule has 0 unspecified atom stereocenters. The quantitative estimate of drug-likeness (QED) is 0.646. The Bertz CT molecular complexity index is 211. The first-order valence-electron chi connectivity index (χ1n) is 3.99. The number of carboxylic acid groups (broad SMARTS) is 2. The van der Waals surface area contributed by atoms with E-state index in [9.17, 15) is 9.59 Å². The topological polar surface area (TPSA) is 74.6 Å². The van der Waals surface area contributed by atoms with Crippen molar-refractivity contribution >= 4 is 11.9 Å². The van der Waals surface area contributed by atoms with Gasteiger partial charge in [-0.25, -0.2) is 0 Å². The molecule has 0 aromatic heterocycles. The van der Waals surface area contributed by atoms with Crippen molar-refractivity contribution in [2.45, 2.75) is 19.8 Å². The van der Waals surface area contributed by atoms with Gasteiger partial charge in [0.15, 0.2) is 0 Å². The summed E-state index contributed by atoms with van der Waals surface area (Å²) in [7, 11) is 0. The van der Waals surface area contributed by atoms with E-state index in [2.05, 4.69) is 0 Å². The van der Waals surface area contributed by atoms with Crippen molar-refractivity contribution in [3.63, 3.8) is 0 Å². The predicted octanol–water partition coefficient (Wildman–Crippen LogP) is 0.818. The average Bonchev–Trinajstić information content (AvgIpc) is 2.30. The minimum Gasteiger partial charge on any atom is -0.481 e. The molecule has 2 N–H and O–H groups in total. The fraction of sp³-hybridized carbons (Fsp3) is 0.750. The maximum Gasteiger partial charge on any atom is 0.307 e. The van der Waals surface area contributed by atoms with Crippen molar-refractivity contribution in [1.82, 2.24) is 0 Å². The predicted molar refractivity (Wildman–Crippen MR) is 40.6 cm³/mol. The van der Waals surface area contributed by atoms with Gasteiger partial charge in [0, 0.05) is 0 Å². The van der Waals surface area contributed by atoms with E-state index in [1.54, 1.807) is 6.92 Å². The molecule has 1 fully saturated rings. The Morgan fingerprint density at radius 2 is 1.75 bits per heavy atom. The summed E-state index contributed by atoms with van der Waals surface area (Å²) in [6.45, 7) is 1.79. The van der Waals surface area contributed by atoms with Gasteiger partial charge in [-0.15, -0.1) is 0 Å². The molecule has 68 valence electrons. The van der Waals surface area contributed by atoms with Crippen LogP contribution < -0.4 is 0 Å². The Balaban J connectivity index is 2.77. The number of hydrogen-bond donors (Lipinski definition) is 2. The van der Waals surface area contributed by atoms with Crippen molar-refractivity contribution in [3.8, 4) is 0 Å². The molecule has 1 aliphatic rings. The van der Waals surface area contributed by atoms with Crippen molar-refractivity contribution in [2.75, 3.05) is 0 Å². The molecule has 0 heterocycles. The molecule has 4 nitrogen and oxygen atoms in total. The van der Waals surface area contributed by atoms with E-state index in [1.807, 2.05) is 0 Å². The van der Waals surface area contributed by atoms with Crippen LogP contribution in [0.5, 0.6) is 0 Å². The van der Waals surface area contributed by atoms with Crippen molar-refractivity contribution in [1.29, 1.82) is 0 Å². The highest BCUT2D eigenvalue weighted by Gasteiger charge is 2.42. The highest BCUT2D eigenvalue weighted by Crippen LogP contribution is 2.36. The number of aliphatic carboxylic acids is 2. The Morgan fingerprint density at radius 3 is 2.08 bits per heavy atom. The maximum atomic E-state index is 10.7. The SMILES string of the molecule is C[C@@H]1CC[C@@H](C(=O)O)[C@H]1C(=O)O.